The molecule has 96 valence electrons. The van der Waals surface area contributed by atoms with E-state index in [1.807, 2.05) is 37.3 Å². The molecule has 0 saturated carbocycles. The Morgan fingerprint density at radius 3 is 2.95 bits per heavy atom. The van der Waals surface area contributed by atoms with Crippen molar-refractivity contribution in [2.45, 2.75) is 19.9 Å². The smallest absolute Gasteiger partial charge is 0.151 e. The molecule has 5 heteroatoms. The van der Waals surface area contributed by atoms with Crippen LogP contribution in [0, 0.1) is 0 Å². The van der Waals surface area contributed by atoms with E-state index in [-0.39, 0.29) is 0 Å². The van der Waals surface area contributed by atoms with E-state index >= 15 is 0 Å². The maximum Gasteiger partial charge on any atom is 0.151 e. The highest BCUT2D eigenvalue weighted by molar-refractivity contribution is 5.80. The molecule has 19 heavy (non-hydrogen) atoms. The maximum atomic E-state index is 5.73. The molecule has 5 nitrogen and oxygen atoms in total. The van der Waals surface area contributed by atoms with Crippen LogP contribution in [0.15, 0.2) is 36.5 Å². The number of benzene rings is 1. The standard InChI is InChI=1S/C14H15N5/c1-2-13-17-14(9-15)19(18-13)11-6-5-10-4-3-7-16-12(10)8-11/h3-8H,2,9,15H2,1H3. The monoisotopic (exact) mass is 253 g/mol. The number of hydrogen-bond donors (Lipinski definition) is 1. The van der Waals surface area contributed by atoms with Gasteiger partial charge in [-0.15, -0.1) is 0 Å². The molecular formula is C14H15N5. The van der Waals surface area contributed by atoms with Gasteiger partial charge in [0.25, 0.3) is 0 Å². The minimum absolute atomic E-state index is 0.368. The minimum Gasteiger partial charge on any atom is -0.324 e. The second-order valence-electron chi connectivity index (χ2n) is 4.29. The predicted molar refractivity (Wildman–Crippen MR) is 73.9 cm³/mol. The van der Waals surface area contributed by atoms with Gasteiger partial charge in [0, 0.05) is 18.0 Å². The largest absolute Gasteiger partial charge is 0.324 e. The van der Waals surface area contributed by atoms with E-state index < -0.39 is 0 Å². The number of aryl methyl sites for hydroxylation is 1. The van der Waals surface area contributed by atoms with Crippen LogP contribution in [-0.4, -0.2) is 19.7 Å². The van der Waals surface area contributed by atoms with Gasteiger partial charge in [-0.05, 0) is 18.2 Å². The Morgan fingerprint density at radius 1 is 1.26 bits per heavy atom. The fraction of sp³-hybridized carbons (Fsp3) is 0.214. The van der Waals surface area contributed by atoms with Crippen LogP contribution in [0.25, 0.3) is 16.6 Å². The number of fused-ring (bicyclic) bond motifs is 1. The fourth-order valence-electron chi connectivity index (χ4n) is 2.07. The van der Waals surface area contributed by atoms with E-state index in [1.165, 1.54) is 0 Å². The number of nitrogens with two attached hydrogens (primary N) is 1. The van der Waals surface area contributed by atoms with E-state index in [1.54, 1.807) is 10.9 Å². The van der Waals surface area contributed by atoms with Gasteiger partial charge in [0.15, 0.2) is 5.82 Å². The van der Waals surface area contributed by atoms with Gasteiger partial charge in [0.05, 0.1) is 17.7 Å². The number of rotatable bonds is 3. The average molecular weight is 253 g/mol. The van der Waals surface area contributed by atoms with E-state index in [4.69, 9.17) is 5.73 Å². The molecule has 0 atom stereocenters. The van der Waals surface area contributed by atoms with Crippen molar-refractivity contribution in [2.24, 2.45) is 5.73 Å². The van der Waals surface area contributed by atoms with Crippen molar-refractivity contribution in [3.8, 4) is 5.69 Å². The van der Waals surface area contributed by atoms with Crippen LogP contribution >= 0.6 is 0 Å². The van der Waals surface area contributed by atoms with Gasteiger partial charge in [0.2, 0.25) is 0 Å². The lowest BCUT2D eigenvalue weighted by molar-refractivity contribution is 0.782. The van der Waals surface area contributed by atoms with E-state index in [0.29, 0.717) is 6.54 Å². The number of hydrogen-bond acceptors (Lipinski definition) is 4. The van der Waals surface area contributed by atoms with E-state index in [9.17, 15) is 0 Å². The summed E-state index contributed by atoms with van der Waals surface area (Å²) in [6.45, 7) is 2.40. The zero-order valence-corrected chi connectivity index (χ0v) is 10.7. The molecule has 0 amide bonds. The molecule has 1 aromatic carbocycles. The molecule has 2 heterocycles. The van der Waals surface area contributed by atoms with Crippen molar-refractivity contribution in [1.82, 2.24) is 19.7 Å². The fourth-order valence-corrected chi connectivity index (χ4v) is 2.07. The molecule has 0 saturated heterocycles. The summed E-state index contributed by atoms with van der Waals surface area (Å²) in [5.41, 5.74) is 7.61. The zero-order valence-electron chi connectivity index (χ0n) is 10.7. The van der Waals surface area contributed by atoms with Gasteiger partial charge in [-0.3, -0.25) is 4.98 Å². The zero-order chi connectivity index (χ0) is 13.2. The van der Waals surface area contributed by atoms with Crippen LogP contribution in [0.4, 0.5) is 0 Å². The third-order valence-corrected chi connectivity index (χ3v) is 3.05. The first-order valence-corrected chi connectivity index (χ1v) is 6.32. The molecule has 0 unspecified atom stereocenters. The number of aromatic nitrogens is 4. The van der Waals surface area contributed by atoms with Gasteiger partial charge >= 0.3 is 0 Å². The molecule has 0 spiro atoms. The summed E-state index contributed by atoms with van der Waals surface area (Å²) in [5, 5.41) is 5.58. The first-order chi connectivity index (χ1) is 9.31. The topological polar surface area (TPSA) is 69.6 Å². The summed E-state index contributed by atoms with van der Waals surface area (Å²) < 4.78 is 1.80. The van der Waals surface area contributed by atoms with Crippen molar-refractivity contribution in [1.29, 1.82) is 0 Å². The molecular weight excluding hydrogens is 238 g/mol. The van der Waals surface area contributed by atoms with Crippen LogP contribution in [-0.2, 0) is 13.0 Å². The molecule has 2 aromatic heterocycles. The Labute approximate surface area is 111 Å². The number of pyridine rings is 1. The first-order valence-electron chi connectivity index (χ1n) is 6.32. The van der Waals surface area contributed by atoms with Crippen LogP contribution < -0.4 is 5.73 Å². The second-order valence-corrected chi connectivity index (χ2v) is 4.29. The average Bonchev–Trinajstić information content (AvgIpc) is 2.90. The van der Waals surface area contributed by atoms with Crippen molar-refractivity contribution < 1.29 is 0 Å². The minimum atomic E-state index is 0.368. The molecule has 0 radical (unpaired) electrons. The highest BCUT2D eigenvalue weighted by Crippen LogP contribution is 2.17. The van der Waals surface area contributed by atoms with Crippen molar-refractivity contribution in [3.63, 3.8) is 0 Å². The molecule has 3 rings (SSSR count). The number of nitrogens with zero attached hydrogens (tertiary/aromatic N) is 4. The third kappa shape index (κ3) is 2.08. The normalized spacial score (nSPS) is 11.1. The van der Waals surface area contributed by atoms with Crippen LogP contribution in [0.1, 0.15) is 18.6 Å². The lowest BCUT2D eigenvalue weighted by atomic mass is 10.2. The van der Waals surface area contributed by atoms with Crippen LogP contribution in [0.5, 0.6) is 0 Å². The van der Waals surface area contributed by atoms with Crippen molar-refractivity contribution in [3.05, 3.63) is 48.2 Å². The Kier molecular flexibility index (Phi) is 2.97. The van der Waals surface area contributed by atoms with Crippen LogP contribution in [0.3, 0.4) is 0 Å². The van der Waals surface area contributed by atoms with Gasteiger partial charge < -0.3 is 5.73 Å². The van der Waals surface area contributed by atoms with E-state index in [0.717, 1.165) is 34.7 Å². The highest BCUT2D eigenvalue weighted by atomic mass is 15.4. The maximum absolute atomic E-state index is 5.73. The molecule has 0 bridgehead atoms. The van der Waals surface area contributed by atoms with Crippen LogP contribution in [0.2, 0.25) is 0 Å². The summed E-state index contributed by atoms with van der Waals surface area (Å²) in [6.07, 6.45) is 2.58. The lowest BCUT2D eigenvalue weighted by Crippen LogP contribution is -2.07. The summed E-state index contributed by atoms with van der Waals surface area (Å²) in [6, 6.07) is 10.0. The van der Waals surface area contributed by atoms with Crippen molar-refractivity contribution >= 4 is 10.9 Å². The summed E-state index contributed by atoms with van der Waals surface area (Å²) in [4.78, 5) is 8.77. The van der Waals surface area contributed by atoms with Gasteiger partial charge in [-0.1, -0.05) is 19.1 Å². The Hall–Kier alpha value is -2.27. The van der Waals surface area contributed by atoms with Gasteiger partial charge in [0.1, 0.15) is 5.82 Å². The summed E-state index contributed by atoms with van der Waals surface area (Å²) in [5.74, 6) is 1.58. The Balaban J connectivity index is 2.15. The molecule has 3 aromatic rings. The SMILES string of the molecule is CCc1nc(CN)n(-c2ccc3cccnc3c2)n1. The molecule has 0 fully saturated rings. The predicted octanol–water partition coefficient (Wildman–Crippen LogP) is 1.84. The quantitative estimate of drug-likeness (QED) is 0.773. The second kappa shape index (κ2) is 4.78. The molecule has 2 N–H and O–H groups in total. The Morgan fingerprint density at radius 2 is 2.16 bits per heavy atom. The molecule has 0 aliphatic heterocycles. The van der Waals surface area contributed by atoms with E-state index in [2.05, 4.69) is 15.1 Å². The lowest BCUT2D eigenvalue weighted by Gasteiger charge is -2.05. The highest BCUT2D eigenvalue weighted by Gasteiger charge is 2.09. The summed E-state index contributed by atoms with van der Waals surface area (Å²) in [7, 11) is 0. The van der Waals surface area contributed by atoms with Crippen molar-refractivity contribution in [2.75, 3.05) is 0 Å². The third-order valence-electron chi connectivity index (χ3n) is 3.05. The first kappa shape index (κ1) is 11.8. The van der Waals surface area contributed by atoms with Gasteiger partial charge in [-0.2, -0.15) is 5.10 Å². The molecule has 0 aliphatic rings. The Bertz CT molecular complexity index is 717. The van der Waals surface area contributed by atoms with Gasteiger partial charge in [-0.25, -0.2) is 9.67 Å². The summed E-state index contributed by atoms with van der Waals surface area (Å²) >= 11 is 0. The molecule has 0 aliphatic carbocycles.